The van der Waals surface area contributed by atoms with E-state index >= 15 is 0 Å². The predicted octanol–water partition coefficient (Wildman–Crippen LogP) is 0.983. The van der Waals surface area contributed by atoms with E-state index in [1.165, 1.54) is 6.20 Å². The van der Waals surface area contributed by atoms with Gasteiger partial charge < -0.3 is 5.32 Å². The third-order valence-corrected chi connectivity index (χ3v) is 1.50. The molecule has 0 amide bonds. The summed E-state index contributed by atoms with van der Waals surface area (Å²) in [4.78, 5) is 3.66. The lowest BCUT2D eigenvalue weighted by Gasteiger charge is -2.00. The Balaban J connectivity index is 2.62. The fraction of sp³-hybridized carbons (Fsp3) is 0.375. The summed E-state index contributed by atoms with van der Waals surface area (Å²) in [6, 6.07) is 1.70. The summed E-state index contributed by atoms with van der Waals surface area (Å²) in [6.45, 7) is 0.793. The first-order valence-electron chi connectivity index (χ1n) is 3.57. The molecule has 0 aromatic carbocycles. The van der Waals surface area contributed by atoms with E-state index in [4.69, 9.17) is 0 Å². The Morgan fingerprint density at radius 3 is 3.09 bits per heavy atom. The predicted molar refractivity (Wildman–Crippen MR) is 41.8 cm³/mol. The third kappa shape index (κ3) is 2.27. The maximum Gasteiger partial charge on any atom is 0.144 e. The molecule has 0 aliphatic carbocycles. The number of halogens is 1. The van der Waals surface area contributed by atoms with Gasteiger partial charge in [-0.3, -0.25) is 4.98 Å². The van der Waals surface area contributed by atoms with Crippen molar-refractivity contribution in [2.45, 2.75) is 6.42 Å². The van der Waals surface area contributed by atoms with E-state index in [2.05, 4.69) is 10.3 Å². The summed E-state index contributed by atoms with van der Waals surface area (Å²) in [5, 5.41) is 2.96. The molecule has 0 unspecified atom stereocenters. The molecule has 1 heterocycles. The minimum absolute atomic E-state index is 0.220. The minimum atomic E-state index is -0.220. The van der Waals surface area contributed by atoms with Gasteiger partial charge in [-0.05, 0) is 31.6 Å². The molecule has 0 saturated heterocycles. The Morgan fingerprint density at radius 2 is 2.45 bits per heavy atom. The molecule has 1 N–H and O–H groups in total. The van der Waals surface area contributed by atoms with Gasteiger partial charge in [0.15, 0.2) is 0 Å². The summed E-state index contributed by atoms with van der Waals surface area (Å²) in [5.74, 6) is -0.220. The number of aromatic nitrogens is 1. The van der Waals surface area contributed by atoms with E-state index in [1.54, 1.807) is 12.3 Å². The molecule has 0 aliphatic heterocycles. The number of rotatable bonds is 3. The lowest BCUT2D eigenvalue weighted by molar-refractivity contribution is 0.598. The number of nitrogens with zero attached hydrogens (tertiary/aromatic N) is 1. The second-order valence-corrected chi connectivity index (χ2v) is 2.32. The van der Waals surface area contributed by atoms with Gasteiger partial charge in [0.2, 0.25) is 0 Å². The van der Waals surface area contributed by atoms with Crippen LogP contribution >= 0.6 is 0 Å². The van der Waals surface area contributed by atoms with Crippen molar-refractivity contribution in [3.63, 3.8) is 0 Å². The molecule has 0 radical (unpaired) electrons. The smallest absolute Gasteiger partial charge is 0.144 e. The first-order valence-corrected chi connectivity index (χ1v) is 3.57. The van der Waals surface area contributed by atoms with Crippen LogP contribution in [0, 0.1) is 5.82 Å². The molecule has 3 heteroatoms. The maximum absolute atomic E-state index is 12.8. The highest BCUT2D eigenvalue weighted by Gasteiger charge is 1.98. The van der Waals surface area contributed by atoms with Gasteiger partial charge in [-0.2, -0.15) is 0 Å². The molecule has 0 atom stereocenters. The second-order valence-electron chi connectivity index (χ2n) is 2.32. The molecule has 0 aliphatic rings. The first kappa shape index (κ1) is 8.14. The zero-order chi connectivity index (χ0) is 8.10. The van der Waals surface area contributed by atoms with Gasteiger partial charge in [-0.1, -0.05) is 0 Å². The van der Waals surface area contributed by atoms with Gasteiger partial charge in [0.25, 0.3) is 0 Å². The normalized spacial score (nSPS) is 10.0. The SMILES string of the molecule is CNCCc1ccncc1F. The first-order chi connectivity index (χ1) is 5.34. The van der Waals surface area contributed by atoms with Crippen molar-refractivity contribution in [1.29, 1.82) is 0 Å². The Bertz CT molecular complexity index is 225. The lowest BCUT2D eigenvalue weighted by atomic mass is 10.2. The summed E-state index contributed by atoms with van der Waals surface area (Å²) >= 11 is 0. The summed E-state index contributed by atoms with van der Waals surface area (Å²) in [7, 11) is 1.85. The molecule has 1 aromatic heterocycles. The monoisotopic (exact) mass is 154 g/mol. The van der Waals surface area contributed by atoms with Crippen LogP contribution < -0.4 is 5.32 Å². The molecule has 0 saturated carbocycles. The average molecular weight is 154 g/mol. The number of hydrogen-bond acceptors (Lipinski definition) is 2. The van der Waals surface area contributed by atoms with Crippen LogP contribution in [0.2, 0.25) is 0 Å². The molecule has 1 rings (SSSR count). The zero-order valence-electron chi connectivity index (χ0n) is 6.47. The zero-order valence-corrected chi connectivity index (χ0v) is 6.47. The van der Waals surface area contributed by atoms with Gasteiger partial charge in [0.1, 0.15) is 5.82 Å². The highest BCUT2D eigenvalue weighted by molar-refractivity contribution is 5.12. The van der Waals surface area contributed by atoms with Crippen molar-refractivity contribution >= 4 is 0 Å². The highest BCUT2D eigenvalue weighted by Crippen LogP contribution is 2.03. The van der Waals surface area contributed by atoms with E-state index in [1.807, 2.05) is 7.05 Å². The molecule has 0 fully saturated rings. The Morgan fingerprint density at radius 1 is 1.64 bits per heavy atom. The standard InChI is InChI=1S/C8H11FN2/c1-10-4-2-7-3-5-11-6-8(7)9/h3,5-6,10H,2,4H2,1H3. The molecule has 0 bridgehead atoms. The molecule has 0 spiro atoms. The van der Waals surface area contributed by atoms with Crippen LogP contribution in [-0.2, 0) is 6.42 Å². The molecule has 60 valence electrons. The van der Waals surface area contributed by atoms with E-state index in [0.29, 0.717) is 12.0 Å². The molecular formula is C8H11FN2. The van der Waals surface area contributed by atoms with Crippen LogP contribution in [0.15, 0.2) is 18.5 Å². The van der Waals surface area contributed by atoms with Crippen molar-refractivity contribution in [2.24, 2.45) is 0 Å². The maximum atomic E-state index is 12.8. The van der Waals surface area contributed by atoms with Crippen molar-refractivity contribution in [1.82, 2.24) is 10.3 Å². The fourth-order valence-corrected chi connectivity index (χ4v) is 0.866. The van der Waals surface area contributed by atoms with Crippen molar-refractivity contribution in [3.05, 3.63) is 29.8 Å². The molecule has 2 nitrogen and oxygen atoms in total. The topological polar surface area (TPSA) is 24.9 Å². The summed E-state index contributed by atoms with van der Waals surface area (Å²) in [6.07, 6.45) is 3.56. The quantitative estimate of drug-likeness (QED) is 0.702. The average Bonchev–Trinajstić information content (AvgIpc) is 2.03. The van der Waals surface area contributed by atoms with E-state index < -0.39 is 0 Å². The van der Waals surface area contributed by atoms with Crippen LogP contribution in [0.25, 0.3) is 0 Å². The number of likely N-dealkylation sites (N-methyl/N-ethyl adjacent to an activating group) is 1. The third-order valence-electron chi connectivity index (χ3n) is 1.50. The Kier molecular flexibility index (Phi) is 2.98. The number of hydrogen-bond donors (Lipinski definition) is 1. The minimum Gasteiger partial charge on any atom is -0.319 e. The van der Waals surface area contributed by atoms with Crippen LogP contribution in [0.4, 0.5) is 4.39 Å². The van der Waals surface area contributed by atoms with Gasteiger partial charge in [-0.25, -0.2) is 4.39 Å². The Labute approximate surface area is 65.5 Å². The van der Waals surface area contributed by atoms with Crippen LogP contribution in [0.5, 0.6) is 0 Å². The van der Waals surface area contributed by atoms with E-state index in [9.17, 15) is 4.39 Å². The van der Waals surface area contributed by atoms with Crippen LogP contribution in [0.1, 0.15) is 5.56 Å². The van der Waals surface area contributed by atoms with Crippen molar-refractivity contribution in [3.8, 4) is 0 Å². The Hall–Kier alpha value is -0.960. The highest BCUT2D eigenvalue weighted by atomic mass is 19.1. The van der Waals surface area contributed by atoms with Gasteiger partial charge >= 0.3 is 0 Å². The van der Waals surface area contributed by atoms with E-state index in [-0.39, 0.29) is 5.82 Å². The summed E-state index contributed by atoms with van der Waals surface area (Å²) < 4.78 is 12.8. The van der Waals surface area contributed by atoms with Crippen molar-refractivity contribution in [2.75, 3.05) is 13.6 Å². The lowest BCUT2D eigenvalue weighted by Crippen LogP contribution is -2.11. The largest absolute Gasteiger partial charge is 0.319 e. The fourth-order valence-electron chi connectivity index (χ4n) is 0.866. The molecule has 11 heavy (non-hydrogen) atoms. The van der Waals surface area contributed by atoms with Gasteiger partial charge in [0.05, 0.1) is 6.20 Å². The number of nitrogens with one attached hydrogen (secondary N) is 1. The van der Waals surface area contributed by atoms with Gasteiger partial charge in [-0.15, -0.1) is 0 Å². The second kappa shape index (κ2) is 4.03. The molecule has 1 aromatic rings. The van der Waals surface area contributed by atoms with Gasteiger partial charge in [0, 0.05) is 6.20 Å². The van der Waals surface area contributed by atoms with Crippen molar-refractivity contribution < 1.29 is 4.39 Å². The van der Waals surface area contributed by atoms with Crippen LogP contribution in [0.3, 0.4) is 0 Å². The van der Waals surface area contributed by atoms with Crippen LogP contribution in [-0.4, -0.2) is 18.6 Å². The van der Waals surface area contributed by atoms with E-state index in [0.717, 1.165) is 6.54 Å². The molecular weight excluding hydrogens is 143 g/mol. The summed E-state index contributed by atoms with van der Waals surface area (Å²) in [5.41, 5.74) is 0.717. The number of pyridine rings is 1.